The van der Waals surface area contributed by atoms with Crippen molar-refractivity contribution in [3.8, 4) is 6.07 Å². The lowest BCUT2D eigenvalue weighted by Crippen LogP contribution is -2.35. The van der Waals surface area contributed by atoms with Crippen molar-refractivity contribution >= 4 is 52.2 Å². The molecule has 0 heterocycles. The van der Waals surface area contributed by atoms with Crippen LogP contribution in [0.25, 0.3) is 0 Å². The minimum atomic E-state index is -0.794. The Morgan fingerprint density at radius 1 is 1.33 bits per heavy atom. The van der Waals surface area contributed by atoms with Crippen LogP contribution >= 0.6 is 11.6 Å². The fraction of sp³-hybridized carbons (Fsp3) is 0.286. The number of hydrogen-bond donors (Lipinski definition) is 1. The summed E-state index contributed by atoms with van der Waals surface area (Å²) >= 11 is 6.05. The van der Waals surface area contributed by atoms with Crippen LogP contribution in [0.4, 0.5) is 28.4 Å². The number of rotatable bonds is 11. The quantitative estimate of drug-likeness (QED) is 0.218. The van der Waals surface area contributed by atoms with Crippen molar-refractivity contribution in [2.24, 2.45) is 10.2 Å². The van der Waals surface area contributed by atoms with Gasteiger partial charge in [-0.05, 0) is 31.2 Å². The number of nitrogens with one attached hydrogen (secondary N) is 1. The maximum Gasteiger partial charge on any atom is 0.271 e. The molecule has 2 aromatic carbocycles. The number of aldehydes is 1. The summed E-state index contributed by atoms with van der Waals surface area (Å²) in [5.41, 5.74) is 1.42. The molecule has 0 bridgehead atoms. The second kappa shape index (κ2) is 12.2. The highest BCUT2D eigenvalue weighted by Crippen LogP contribution is 2.34. The summed E-state index contributed by atoms with van der Waals surface area (Å²) in [6.07, 6.45) is -0.164. The lowest BCUT2D eigenvalue weighted by atomic mass is 10.2. The molecule has 0 aliphatic rings. The third-order valence-electron chi connectivity index (χ3n) is 4.36. The van der Waals surface area contributed by atoms with Gasteiger partial charge in [0.2, 0.25) is 5.91 Å². The van der Waals surface area contributed by atoms with E-state index in [4.69, 9.17) is 21.6 Å². The Balaban J connectivity index is 2.34. The molecule has 0 radical (unpaired) electrons. The zero-order valence-electron chi connectivity index (χ0n) is 17.9. The van der Waals surface area contributed by atoms with E-state index >= 15 is 0 Å². The average molecular weight is 473 g/mol. The van der Waals surface area contributed by atoms with E-state index in [1.54, 1.807) is 18.2 Å². The molecule has 1 atom stereocenters. The molecule has 0 saturated carbocycles. The van der Waals surface area contributed by atoms with Crippen molar-refractivity contribution in [1.29, 1.82) is 5.26 Å². The van der Waals surface area contributed by atoms with E-state index in [9.17, 15) is 19.7 Å². The normalized spacial score (nSPS) is 11.6. The molecule has 1 N–H and O–H groups in total. The average Bonchev–Trinajstić information content (AvgIpc) is 2.78. The molecule has 2 rings (SSSR count). The first kappa shape index (κ1) is 25.4. The zero-order chi connectivity index (χ0) is 24.4. The number of azo groups is 1. The van der Waals surface area contributed by atoms with Gasteiger partial charge in [0.1, 0.15) is 24.1 Å². The lowest BCUT2D eigenvalue weighted by molar-refractivity contribution is -0.384. The number of halogens is 1. The Morgan fingerprint density at radius 2 is 2.03 bits per heavy atom. The van der Waals surface area contributed by atoms with E-state index in [2.05, 4.69) is 15.5 Å². The maximum absolute atomic E-state index is 11.7. The van der Waals surface area contributed by atoms with Gasteiger partial charge < -0.3 is 19.7 Å². The van der Waals surface area contributed by atoms with Gasteiger partial charge >= 0.3 is 0 Å². The lowest BCUT2D eigenvalue weighted by Gasteiger charge is -2.26. The highest BCUT2D eigenvalue weighted by atomic mass is 35.5. The van der Waals surface area contributed by atoms with E-state index in [1.807, 2.05) is 17.9 Å². The zero-order valence-corrected chi connectivity index (χ0v) is 18.7. The number of benzene rings is 2. The van der Waals surface area contributed by atoms with Gasteiger partial charge in [-0.15, -0.1) is 10.2 Å². The largest absolute Gasteiger partial charge is 0.369 e. The molecule has 1 unspecified atom stereocenters. The van der Waals surface area contributed by atoms with Crippen LogP contribution in [0.1, 0.15) is 13.8 Å². The highest BCUT2D eigenvalue weighted by molar-refractivity contribution is 6.33. The predicted octanol–water partition coefficient (Wildman–Crippen LogP) is 4.56. The van der Waals surface area contributed by atoms with Crippen LogP contribution in [-0.2, 0) is 14.3 Å². The standard InChI is InChI=1S/C21H21ClN6O5/c1-3-27(12-17(13-29)33-9-8-23)15-4-7-20(21(11-15)24-14(2)30)26-25-19-6-5-16(28(31)32)10-18(19)22/h4-7,10-11,13,17H,3,9,12H2,1-2H3,(H,24,30). The van der Waals surface area contributed by atoms with Crippen LogP contribution < -0.4 is 10.2 Å². The molecule has 0 aliphatic heterocycles. The van der Waals surface area contributed by atoms with Gasteiger partial charge in [-0.1, -0.05) is 11.6 Å². The van der Waals surface area contributed by atoms with Crippen LogP contribution in [0, 0.1) is 21.4 Å². The molecular formula is C21H21ClN6O5. The third kappa shape index (κ3) is 7.34. The Hall–Kier alpha value is -3.88. The highest BCUT2D eigenvalue weighted by Gasteiger charge is 2.16. The predicted molar refractivity (Wildman–Crippen MR) is 122 cm³/mol. The monoisotopic (exact) mass is 472 g/mol. The second-order valence-corrected chi connectivity index (χ2v) is 7.06. The van der Waals surface area contributed by atoms with Crippen LogP contribution in [0.2, 0.25) is 5.02 Å². The van der Waals surface area contributed by atoms with Crippen molar-refractivity contribution in [2.45, 2.75) is 20.0 Å². The SMILES string of the molecule is CCN(CC(C=O)OCC#N)c1ccc(N=Nc2ccc([N+](=O)[O-])cc2Cl)c(NC(C)=O)c1. The number of nitro benzene ring substituents is 1. The Kier molecular flexibility index (Phi) is 9.41. The number of carbonyl (C=O) groups excluding carboxylic acids is 2. The number of hydrogen-bond acceptors (Lipinski definition) is 9. The molecule has 33 heavy (non-hydrogen) atoms. The fourth-order valence-electron chi connectivity index (χ4n) is 2.81. The van der Waals surface area contributed by atoms with Gasteiger partial charge in [-0.2, -0.15) is 5.26 Å². The fourth-order valence-corrected chi connectivity index (χ4v) is 3.02. The molecule has 0 aliphatic carbocycles. The summed E-state index contributed by atoms with van der Waals surface area (Å²) in [6, 6.07) is 10.7. The number of carbonyl (C=O) groups is 2. The van der Waals surface area contributed by atoms with E-state index in [-0.39, 0.29) is 35.5 Å². The molecule has 172 valence electrons. The van der Waals surface area contributed by atoms with Gasteiger partial charge in [-0.25, -0.2) is 0 Å². The summed E-state index contributed by atoms with van der Waals surface area (Å²) in [5, 5.41) is 30.4. The summed E-state index contributed by atoms with van der Waals surface area (Å²) in [4.78, 5) is 35.1. The van der Waals surface area contributed by atoms with Gasteiger partial charge in [0.05, 0.1) is 28.2 Å². The van der Waals surface area contributed by atoms with Crippen LogP contribution in [0.15, 0.2) is 46.6 Å². The van der Waals surface area contributed by atoms with Gasteiger partial charge in [0.15, 0.2) is 6.29 Å². The van der Waals surface area contributed by atoms with Crippen molar-refractivity contribution < 1.29 is 19.2 Å². The number of ether oxygens (including phenoxy) is 1. The van der Waals surface area contributed by atoms with Gasteiger partial charge in [0.25, 0.3) is 5.69 Å². The topological polar surface area (TPSA) is 150 Å². The van der Waals surface area contributed by atoms with E-state index in [0.717, 1.165) is 0 Å². The first-order valence-electron chi connectivity index (χ1n) is 9.75. The first-order valence-corrected chi connectivity index (χ1v) is 10.1. The number of nitro groups is 1. The number of anilines is 2. The first-order chi connectivity index (χ1) is 15.8. The van der Waals surface area contributed by atoms with Crippen molar-refractivity contribution in [3.63, 3.8) is 0 Å². The van der Waals surface area contributed by atoms with E-state index < -0.39 is 11.0 Å². The summed E-state index contributed by atoms with van der Waals surface area (Å²) in [5.74, 6) is -0.330. The number of amides is 1. The molecule has 2 aromatic rings. The number of likely N-dealkylation sites (N-methyl/N-ethyl adjacent to an activating group) is 1. The van der Waals surface area contributed by atoms with Crippen molar-refractivity contribution in [2.75, 3.05) is 29.9 Å². The third-order valence-corrected chi connectivity index (χ3v) is 4.66. The molecular weight excluding hydrogens is 452 g/mol. The smallest absolute Gasteiger partial charge is 0.271 e. The minimum Gasteiger partial charge on any atom is -0.369 e. The summed E-state index contributed by atoms with van der Waals surface area (Å²) in [6.45, 7) is 3.76. The molecule has 11 nitrogen and oxygen atoms in total. The summed E-state index contributed by atoms with van der Waals surface area (Å²) < 4.78 is 5.21. The van der Waals surface area contributed by atoms with Gasteiger partial charge in [0, 0.05) is 31.3 Å². The molecule has 0 aromatic heterocycles. The second-order valence-electron chi connectivity index (χ2n) is 6.66. The molecule has 12 heteroatoms. The molecule has 0 saturated heterocycles. The van der Waals surface area contributed by atoms with Crippen molar-refractivity contribution in [3.05, 3.63) is 51.5 Å². The van der Waals surface area contributed by atoms with E-state index in [1.165, 1.54) is 25.1 Å². The Labute approximate surface area is 194 Å². The van der Waals surface area contributed by atoms with E-state index in [0.29, 0.717) is 29.9 Å². The Bertz CT molecular complexity index is 1100. The number of nitriles is 1. The molecule has 0 fully saturated rings. The van der Waals surface area contributed by atoms with Crippen LogP contribution in [0.5, 0.6) is 0 Å². The van der Waals surface area contributed by atoms with Crippen LogP contribution in [0.3, 0.4) is 0 Å². The number of non-ortho nitro benzene ring substituents is 1. The van der Waals surface area contributed by atoms with Crippen molar-refractivity contribution in [1.82, 2.24) is 0 Å². The number of nitrogens with zero attached hydrogens (tertiary/aromatic N) is 5. The van der Waals surface area contributed by atoms with Crippen LogP contribution in [-0.4, -0.2) is 42.9 Å². The van der Waals surface area contributed by atoms with Gasteiger partial charge in [-0.3, -0.25) is 14.9 Å². The Morgan fingerprint density at radius 3 is 2.61 bits per heavy atom. The minimum absolute atomic E-state index is 0.0556. The molecule has 0 spiro atoms. The summed E-state index contributed by atoms with van der Waals surface area (Å²) in [7, 11) is 0. The maximum atomic E-state index is 11.7. The molecule has 1 amide bonds.